The quantitative estimate of drug-likeness (QED) is 0.796. The molecule has 1 amide bonds. The van der Waals surface area contributed by atoms with E-state index in [2.05, 4.69) is 25.9 Å². The molecule has 0 bridgehead atoms. The third-order valence-corrected chi connectivity index (χ3v) is 5.11. The number of hydrogen-bond acceptors (Lipinski definition) is 3. The summed E-state index contributed by atoms with van der Waals surface area (Å²) in [4.78, 5) is 14.6. The number of hydrogen-bond donors (Lipinski definition) is 0. The van der Waals surface area contributed by atoms with E-state index in [0.29, 0.717) is 11.6 Å². The summed E-state index contributed by atoms with van der Waals surface area (Å²) < 4.78 is 5.46. The van der Waals surface area contributed by atoms with Crippen LogP contribution in [0.25, 0.3) is 0 Å². The van der Waals surface area contributed by atoms with Gasteiger partial charge in [-0.3, -0.25) is 4.79 Å². The van der Waals surface area contributed by atoms with Gasteiger partial charge in [0.25, 0.3) is 5.91 Å². The third kappa shape index (κ3) is 2.85. The Labute approximate surface area is 126 Å². The van der Waals surface area contributed by atoms with Gasteiger partial charge in [0.15, 0.2) is 5.69 Å². The van der Waals surface area contributed by atoms with Crippen molar-refractivity contribution in [2.45, 2.75) is 59.3 Å². The molecule has 1 saturated heterocycles. The van der Waals surface area contributed by atoms with Gasteiger partial charge in [-0.05, 0) is 43.4 Å². The molecule has 0 N–H and O–H groups in total. The molecule has 1 atom stereocenters. The predicted octanol–water partition coefficient (Wildman–Crippen LogP) is 3.45. The molecule has 1 aromatic rings. The molecule has 0 radical (unpaired) electrons. The van der Waals surface area contributed by atoms with E-state index in [4.69, 9.17) is 4.52 Å². The molecule has 2 aliphatic rings. The Morgan fingerprint density at radius 3 is 2.62 bits per heavy atom. The zero-order chi connectivity index (χ0) is 15.0. The van der Waals surface area contributed by atoms with Crippen molar-refractivity contribution >= 4 is 5.91 Å². The molecule has 1 fully saturated rings. The molecule has 4 heteroatoms. The lowest BCUT2D eigenvalue weighted by Crippen LogP contribution is -2.37. The number of likely N-dealkylation sites (tertiary alicyclic amines) is 1. The molecule has 0 spiro atoms. The second-order valence-corrected chi connectivity index (χ2v) is 7.59. The first-order valence-corrected chi connectivity index (χ1v) is 8.23. The van der Waals surface area contributed by atoms with Crippen LogP contribution in [-0.4, -0.2) is 29.1 Å². The van der Waals surface area contributed by atoms with Gasteiger partial charge in [-0.2, -0.15) is 0 Å². The van der Waals surface area contributed by atoms with E-state index in [1.165, 1.54) is 6.42 Å². The van der Waals surface area contributed by atoms with E-state index in [1.54, 1.807) is 0 Å². The molecule has 1 unspecified atom stereocenters. The SMILES string of the molecule is CC(C)(C)C1CCc2onc(C(=O)N3CCCCC3)c2C1. The van der Waals surface area contributed by atoms with Crippen LogP contribution in [-0.2, 0) is 12.8 Å². The summed E-state index contributed by atoms with van der Waals surface area (Å²) in [6, 6.07) is 0. The van der Waals surface area contributed by atoms with Gasteiger partial charge in [0.2, 0.25) is 0 Å². The minimum atomic E-state index is 0.0780. The molecule has 3 rings (SSSR count). The summed E-state index contributed by atoms with van der Waals surface area (Å²) in [6.07, 6.45) is 6.41. The summed E-state index contributed by atoms with van der Waals surface area (Å²) in [6.45, 7) is 8.57. The van der Waals surface area contributed by atoms with Crippen LogP contribution in [0.4, 0.5) is 0 Å². The first kappa shape index (κ1) is 14.6. The topological polar surface area (TPSA) is 46.3 Å². The molecule has 0 aromatic carbocycles. The molecule has 4 nitrogen and oxygen atoms in total. The van der Waals surface area contributed by atoms with Crippen LogP contribution in [0.2, 0.25) is 0 Å². The fourth-order valence-corrected chi connectivity index (χ4v) is 3.56. The number of aryl methyl sites for hydroxylation is 1. The van der Waals surface area contributed by atoms with Gasteiger partial charge in [-0.25, -0.2) is 0 Å². The Kier molecular flexibility index (Phi) is 3.80. The summed E-state index contributed by atoms with van der Waals surface area (Å²) >= 11 is 0. The number of nitrogens with zero attached hydrogens (tertiary/aromatic N) is 2. The highest BCUT2D eigenvalue weighted by Gasteiger charge is 2.35. The highest BCUT2D eigenvalue weighted by atomic mass is 16.5. The summed E-state index contributed by atoms with van der Waals surface area (Å²) in [5, 5.41) is 4.12. The Hall–Kier alpha value is -1.32. The minimum absolute atomic E-state index is 0.0780. The standard InChI is InChI=1S/C17H26N2O2/c1-17(2,3)12-7-8-14-13(11-12)15(18-21-14)16(20)19-9-5-4-6-10-19/h12H,4-11H2,1-3H3. The van der Waals surface area contributed by atoms with Crippen molar-refractivity contribution in [2.24, 2.45) is 11.3 Å². The summed E-state index contributed by atoms with van der Waals surface area (Å²) in [5.74, 6) is 1.61. The monoisotopic (exact) mass is 290 g/mol. The molecule has 1 aromatic heterocycles. The maximum absolute atomic E-state index is 12.7. The number of aromatic nitrogens is 1. The number of carbonyl (C=O) groups excluding carboxylic acids is 1. The maximum Gasteiger partial charge on any atom is 0.276 e. The second-order valence-electron chi connectivity index (χ2n) is 7.59. The van der Waals surface area contributed by atoms with Crippen molar-refractivity contribution < 1.29 is 9.32 Å². The lowest BCUT2D eigenvalue weighted by molar-refractivity contribution is 0.0712. The van der Waals surface area contributed by atoms with Crippen LogP contribution >= 0.6 is 0 Å². The molecular formula is C17H26N2O2. The smallest absolute Gasteiger partial charge is 0.276 e. The average Bonchev–Trinajstić information content (AvgIpc) is 2.89. The first-order valence-electron chi connectivity index (χ1n) is 8.23. The molecule has 1 aliphatic carbocycles. The Bertz CT molecular complexity index is 521. The van der Waals surface area contributed by atoms with Crippen molar-refractivity contribution in [2.75, 3.05) is 13.1 Å². The van der Waals surface area contributed by atoms with E-state index in [1.807, 2.05) is 4.90 Å². The second kappa shape index (κ2) is 5.47. The van der Waals surface area contributed by atoms with E-state index < -0.39 is 0 Å². The van der Waals surface area contributed by atoms with Crippen molar-refractivity contribution in [1.82, 2.24) is 10.1 Å². The van der Waals surface area contributed by atoms with Crippen LogP contribution in [0.5, 0.6) is 0 Å². The zero-order valence-electron chi connectivity index (χ0n) is 13.4. The Morgan fingerprint density at radius 2 is 1.95 bits per heavy atom. The van der Waals surface area contributed by atoms with Crippen LogP contribution in [0, 0.1) is 11.3 Å². The third-order valence-electron chi connectivity index (χ3n) is 5.11. The molecule has 0 saturated carbocycles. The fraction of sp³-hybridized carbons (Fsp3) is 0.765. The van der Waals surface area contributed by atoms with Gasteiger partial charge in [-0.15, -0.1) is 0 Å². The lowest BCUT2D eigenvalue weighted by Gasteiger charge is -2.33. The van der Waals surface area contributed by atoms with Gasteiger partial charge < -0.3 is 9.42 Å². The Morgan fingerprint density at radius 1 is 1.24 bits per heavy atom. The fourth-order valence-electron chi connectivity index (χ4n) is 3.56. The average molecular weight is 290 g/mol. The van der Waals surface area contributed by atoms with Crippen molar-refractivity contribution in [1.29, 1.82) is 0 Å². The van der Waals surface area contributed by atoms with Gasteiger partial charge in [0.1, 0.15) is 5.76 Å². The number of rotatable bonds is 1. The van der Waals surface area contributed by atoms with Crippen LogP contribution < -0.4 is 0 Å². The molecule has 1 aliphatic heterocycles. The lowest BCUT2D eigenvalue weighted by atomic mass is 9.71. The Balaban J connectivity index is 1.82. The normalized spacial score (nSPS) is 23.0. The number of carbonyl (C=O) groups is 1. The van der Waals surface area contributed by atoms with E-state index in [0.717, 1.165) is 56.5 Å². The minimum Gasteiger partial charge on any atom is -0.360 e. The largest absolute Gasteiger partial charge is 0.360 e. The maximum atomic E-state index is 12.7. The highest BCUT2D eigenvalue weighted by molar-refractivity contribution is 5.94. The molecule has 2 heterocycles. The van der Waals surface area contributed by atoms with Crippen molar-refractivity contribution in [3.8, 4) is 0 Å². The summed E-state index contributed by atoms with van der Waals surface area (Å²) in [5.41, 5.74) is 1.93. The molecule has 21 heavy (non-hydrogen) atoms. The van der Waals surface area contributed by atoms with E-state index in [-0.39, 0.29) is 11.3 Å². The van der Waals surface area contributed by atoms with Crippen LogP contribution in [0.15, 0.2) is 4.52 Å². The molecular weight excluding hydrogens is 264 g/mol. The van der Waals surface area contributed by atoms with Gasteiger partial charge in [-0.1, -0.05) is 25.9 Å². The highest BCUT2D eigenvalue weighted by Crippen LogP contribution is 2.38. The van der Waals surface area contributed by atoms with Gasteiger partial charge in [0.05, 0.1) is 0 Å². The first-order chi connectivity index (χ1) is 9.97. The number of piperidine rings is 1. The van der Waals surface area contributed by atoms with E-state index in [9.17, 15) is 4.79 Å². The van der Waals surface area contributed by atoms with Gasteiger partial charge in [0, 0.05) is 25.1 Å². The van der Waals surface area contributed by atoms with Crippen molar-refractivity contribution in [3.63, 3.8) is 0 Å². The zero-order valence-corrected chi connectivity index (χ0v) is 13.4. The van der Waals surface area contributed by atoms with E-state index >= 15 is 0 Å². The number of fused-ring (bicyclic) bond motifs is 1. The molecule has 116 valence electrons. The van der Waals surface area contributed by atoms with Crippen molar-refractivity contribution in [3.05, 3.63) is 17.0 Å². The predicted molar refractivity (Wildman–Crippen MR) is 81.2 cm³/mol. The number of amides is 1. The van der Waals surface area contributed by atoms with Crippen LogP contribution in [0.3, 0.4) is 0 Å². The summed E-state index contributed by atoms with van der Waals surface area (Å²) in [7, 11) is 0. The van der Waals surface area contributed by atoms with Gasteiger partial charge >= 0.3 is 0 Å². The van der Waals surface area contributed by atoms with Crippen LogP contribution in [0.1, 0.15) is 68.3 Å².